The second-order valence-electron chi connectivity index (χ2n) is 6.23. The van der Waals surface area contributed by atoms with Crippen molar-refractivity contribution in [2.75, 3.05) is 25.2 Å². The molecule has 1 aromatic heterocycles. The molecule has 23 heavy (non-hydrogen) atoms. The number of carbonyl (C=O) groups excluding carboxylic acids is 2. The Morgan fingerprint density at radius 2 is 2.13 bits per heavy atom. The Balaban J connectivity index is 1.82. The number of carbonyl (C=O) groups is 2. The van der Waals surface area contributed by atoms with Crippen molar-refractivity contribution in [3.05, 3.63) is 17.0 Å². The van der Waals surface area contributed by atoms with Crippen molar-refractivity contribution in [3.63, 3.8) is 0 Å². The monoisotopic (exact) mass is 336 g/mol. The van der Waals surface area contributed by atoms with Crippen molar-refractivity contribution in [1.82, 2.24) is 20.0 Å². The van der Waals surface area contributed by atoms with Crippen LogP contribution in [0.3, 0.4) is 0 Å². The van der Waals surface area contributed by atoms with Gasteiger partial charge < -0.3 is 9.80 Å². The van der Waals surface area contributed by atoms with Crippen molar-refractivity contribution in [1.29, 1.82) is 0 Å². The van der Waals surface area contributed by atoms with E-state index >= 15 is 0 Å². The van der Waals surface area contributed by atoms with Crippen LogP contribution >= 0.6 is 11.8 Å². The number of hydrogen-bond acceptors (Lipinski definition) is 4. The summed E-state index contributed by atoms with van der Waals surface area (Å²) >= 11 is 1.63. The minimum atomic E-state index is -0.365. The molecule has 7 heteroatoms. The normalized spacial score (nSPS) is 21.0. The average molecular weight is 336 g/mol. The van der Waals surface area contributed by atoms with Gasteiger partial charge >= 0.3 is 0 Å². The van der Waals surface area contributed by atoms with Gasteiger partial charge in [-0.2, -0.15) is 5.10 Å². The zero-order valence-electron chi connectivity index (χ0n) is 13.8. The molecular weight excluding hydrogens is 312 g/mol. The minimum Gasteiger partial charge on any atom is -0.344 e. The second-order valence-corrected chi connectivity index (χ2v) is 7.23. The lowest BCUT2D eigenvalue weighted by Crippen LogP contribution is -2.48. The molecule has 6 nitrogen and oxygen atoms in total. The van der Waals surface area contributed by atoms with E-state index in [4.69, 9.17) is 0 Å². The van der Waals surface area contributed by atoms with Crippen LogP contribution in [0.5, 0.6) is 0 Å². The Bertz CT molecular complexity index is 601. The molecule has 2 aliphatic rings. The van der Waals surface area contributed by atoms with E-state index in [9.17, 15) is 9.59 Å². The van der Waals surface area contributed by atoms with Gasteiger partial charge in [-0.3, -0.25) is 14.7 Å². The first-order valence-corrected chi connectivity index (χ1v) is 9.48. The van der Waals surface area contributed by atoms with Crippen LogP contribution in [0.2, 0.25) is 0 Å². The Morgan fingerprint density at radius 3 is 2.91 bits per heavy atom. The summed E-state index contributed by atoms with van der Waals surface area (Å²) in [5, 5.41) is 7.34. The highest BCUT2D eigenvalue weighted by Gasteiger charge is 2.38. The number of hydrogen-bond donors (Lipinski definition) is 1. The van der Waals surface area contributed by atoms with E-state index in [-0.39, 0.29) is 17.9 Å². The van der Waals surface area contributed by atoms with E-state index in [0.717, 1.165) is 36.9 Å². The van der Waals surface area contributed by atoms with Crippen LogP contribution < -0.4 is 0 Å². The zero-order valence-corrected chi connectivity index (χ0v) is 14.6. The number of thioether (sulfide) groups is 1. The molecule has 0 saturated carbocycles. The zero-order chi connectivity index (χ0) is 16.4. The smallest absolute Gasteiger partial charge is 0.276 e. The van der Waals surface area contributed by atoms with Gasteiger partial charge in [-0.05, 0) is 32.6 Å². The van der Waals surface area contributed by atoms with Gasteiger partial charge in [0.2, 0.25) is 5.91 Å². The van der Waals surface area contributed by atoms with Crippen LogP contribution in [0.1, 0.15) is 47.9 Å². The van der Waals surface area contributed by atoms with Gasteiger partial charge in [-0.15, -0.1) is 11.8 Å². The van der Waals surface area contributed by atoms with Crippen LogP contribution in [-0.2, 0) is 17.6 Å². The van der Waals surface area contributed by atoms with Gasteiger partial charge in [0, 0.05) is 30.6 Å². The minimum absolute atomic E-state index is 0.0208. The van der Waals surface area contributed by atoms with E-state index in [1.165, 1.54) is 6.42 Å². The summed E-state index contributed by atoms with van der Waals surface area (Å²) in [6, 6.07) is -0.365. The maximum atomic E-state index is 13.0. The highest BCUT2D eigenvalue weighted by atomic mass is 32.2. The van der Waals surface area contributed by atoms with Crippen LogP contribution in [0, 0.1) is 0 Å². The number of H-pyrrole nitrogens is 1. The fourth-order valence-electron chi connectivity index (χ4n) is 3.23. The second kappa shape index (κ2) is 6.95. The number of amides is 2. The van der Waals surface area contributed by atoms with Crippen LogP contribution in [-0.4, -0.2) is 63.1 Å². The number of likely N-dealkylation sites (N-methyl/N-ethyl adjacent to an activating group) is 1. The van der Waals surface area contributed by atoms with Crippen molar-refractivity contribution in [2.24, 2.45) is 0 Å². The quantitative estimate of drug-likeness (QED) is 0.853. The lowest BCUT2D eigenvalue weighted by molar-refractivity contribution is -0.133. The summed E-state index contributed by atoms with van der Waals surface area (Å²) in [5.74, 6) is 1.15. The first kappa shape index (κ1) is 16.4. The first-order chi connectivity index (χ1) is 11.1. The van der Waals surface area contributed by atoms with Gasteiger partial charge in [0.25, 0.3) is 5.91 Å². The molecular formula is C16H24N4O2S. The molecule has 1 aromatic rings. The Hall–Kier alpha value is -1.50. The van der Waals surface area contributed by atoms with E-state index < -0.39 is 0 Å². The molecule has 1 saturated heterocycles. The largest absolute Gasteiger partial charge is 0.344 e. The van der Waals surface area contributed by atoms with E-state index in [1.807, 2.05) is 6.92 Å². The van der Waals surface area contributed by atoms with Crippen molar-refractivity contribution in [3.8, 4) is 0 Å². The summed E-state index contributed by atoms with van der Waals surface area (Å²) in [4.78, 5) is 28.8. The molecule has 2 amide bonds. The number of rotatable bonds is 3. The predicted octanol–water partition coefficient (Wildman–Crippen LogP) is 1.67. The third-order valence-corrected chi connectivity index (χ3v) is 5.80. The predicted molar refractivity (Wildman–Crippen MR) is 90.4 cm³/mol. The van der Waals surface area contributed by atoms with Gasteiger partial charge in [0.15, 0.2) is 5.69 Å². The fourth-order valence-corrected chi connectivity index (χ4v) is 4.37. The van der Waals surface area contributed by atoms with Gasteiger partial charge in [-0.25, -0.2) is 0 Å². The van der Waals surface area contributed by atoms with Gasteiger partial charge in [-0.1, -0.05) is 6.42 Å². The number of aryl methyl sites for hydroxylation is 1. The molecule has 0 unspecified atom stereocenters. The Kier molecular flexibility index (Phi) is 4.94. The van der Waals surface area contributed by atoms with Gasteiger partial charge in [0.05, 0.1) is 5.88 Å². The van der Waals surface area contributed by atoms with Crippen molar-refractivity contribution in [2.45, 2.75) is 45.1 Å². The third-order valence-electron chi connectivity index (χ3n) is 4.79. The highest BCUT2D eigenvalue weighted by Crippen LogP contribution is 2.27. The van der Waals surface area contributed by atoms with Gasteiger partial charge in [0.1, 0.15) is 6.04 Å². The standard InChI is InChI=1S/C16H24N4O2S/c1-3-19(2)15(21)13-9-23-10-20(13)16(22)14-11-7-5-4-6-8-12(11)17-18-14/h13H,3-10H2,1-2H3,(H,17,18)/t13-/m0/s1. The molecule has 2 heterocycles. The van der Waals surface area contributed by atoms with Crippen LogP contribution in [0.4, 0.5) is 0 Å². The number of nitrogens with zero attached hydrogens (tertiary/aromatic N) is 3. The van der Waals surface area contributed by atoms with E-state index in [1.54, 1.807) is 28.6 Å². The third kappa shape index (κ3) is 3.11. The molecule has 3 rings (SSSR count). The molecule has 0 bridgehead atoms. The molecule has 1 aliphatic heterocycles. The van der Waals surface area contributed by atoms with E-state index in [2.05, 4.69) is 10.2 Å². The summed E-state index contributed by atoms with van der Waals surface area (Å²) in [7, 11) is 1.79. The maximum absolute atomic E-state index is 13.0. The molecule has 1 atom stereocenters. The molecule has 0 spiro atoms. The van der Waals surface area contributed by atoms with E-state index in [0.29, 0.717) is 23.9 Å². The van der Waals surface area contributed by atoms with Crippen molar-refractivity contribution < 1.29 is 9.59 Å². The summed E-state index contributed by atoms with van der Waals surface area (Å²) in [6.45, 7) is 2.60. The molecule has 126 valence electrons. The number of aromatic nitrogens is 2. The number of aromatic amines is 1. The van der Waals surface area contributed by atoms with Crippen LogP contribution in [0.25, 0.3) is 0 Å². The molecule has 1 fully saturated rings. The molecule has 1 aliphatic carbocycles. The molecule has 1 N–H and O–H groups in total. The fraction of sp³-hybridized carbons (Fsp3) is 0.688. The van der Waals surface area contributed by atoms with Crippen molar-refractivity contribution >= 4 is 23.6 Å². The lowest BCUT2D eigenvalue weighted by Gasteiger charge is -2.26. The number of fused-ring (bicyclic) bond motifs is 1. The first-order valence-electron chi connectivity index (χ1n) is 8.33. The SMILES string of the molecule is CCN(C)C(=O)[C@@H]1CSCN1C(=O)c1n[nH]c2c1CCCCC2. The summed E-state index contributed by atoms with van der Waals surface area (Å²) in [6.07, 6.45) is 5.30. The maximum Gasteiger partial charge on any atom is 0.276 e. The number of nitrogens with one attached hydrogen (secondary N) is 1. The highest BCUT2D eigenvalue weighted by molar-refractivity contribution is 7.99. The Labute approximate surface area is 141 Å². The molecule has 0 aromatic carbocycles. The van der Waals surface area contributed by atoms with Crippen LogP contribution in [0.15, 0.2) is 0 Å². The lowest BCUT2D eigenvalue weighted by atomic mass is 10.1. The summed E-state index contributed by atoms with van der Waals surface area (Å²) < 4.78 is 0. The summed E-state index contributed by atoms with van der Waals surface area (Å²) in [5.41, 5.74) is 2.70. The average Bonchev–Trinajstić information content (AvgIpc) is 3.14. The molecule has 0 radical (unpaired) electrons. The Morgan fingerprint density at radius 1 is 1.35 bits per heavy atom. The topological polar surface area (TPSA) is 69.3 Å².